The van der Waals surface area contributed by atoms with Crippen LogP contribution in [0.4, 0.5) is 0 Å². The Labute approximate surface area is 152 Å². The maximum Gasteiger partial charge on any atom is 0.145 e. The first kappa shape index (κ1) is 15.2. The zero-order valence-corrected chi connectivity index (χ0v) is 15.2. The standard InChI is InChI=1S/C24H20N2/c1-15-8-6-9-16(2)22(15)21-14-25-24-23-17(3)10-7-12-19(23)18-11-4-5-13-20(18)26(21)24/h4-14H,1-3H3. The molecule has 0 radical (unpaired) electrons. The normalized spacial score (nSPS) is 11.7. The highest BCUT2D eigenvalue weighted by molar-refractivity contribution is 6.13. The van der Waals surface area contributed by atoms with Crippen molar-refractivity contribution in [1.82, 2.24) is 9.38 Å². The van der Waals surface area contributed by atoms with E-state index in [0.29, 0.717) is 0 Å². The zero-order chi connectivity index (χ0) is 17.8. The molecule has 0 saturated carbocycles. The highest BCUT2D eigenvalue weighted by atomic mass is 15.0. The molecule has 2 aromatic heterocycles. The minimum absolute atomic E-state index is 1.04. The van der Waals surface area contributed by atoms with E-state index in [9.17, 15) is 0 Å². The molecule has 0 saturated heterocycles. The molecule has 2 heterocycles. The van der Waals surface area contributed by atoms with Crippen molar-refractivity contribution in [2.75, 3.05) is 0 Å². The number of fused-ring (bicyclic) bond motifs is 6. The van der Waals surface area contributed by atoms with Crippen LogP contribution < -0.4 is 0 Å². The van der Waals surface area contributed by atoms with Crippen LogP contribution in [0.2, 0.25) is 0 Å². The molecule has 0 aliphatic carbocycles. The van der Waals surface area contributed by atoms with Crippen LogP contribution in [0.25, 0.3) is 38.6 Å². The average molecular weight is 336 g/mol. The van der Waals surface area contributed by atoms with E-state index in [0.717, 1.165) is 11.3 Å². The predicted molar refractivity (Wildman–Crippen MR) is 110 cm³/mol. The Morgan fingerprint density at radius 3 is 2.15 bits per heavy atom. The molecule has 0 aliphatic rings. The molecule has 0 amide bonds. The maximum absolute atomic E-state index is 4.88. The van der Waals surface area contributed by atoms with Crippen molar-refractivity contribution in [3.63, 3.8) is 0 Å². The summed E-state index contributed by atoms with van der Waals surface area (Å²) in [5, 5.41) is 3.78. The summed E-state index contributed by atoms with van der Waals surface area (Å²) in [6.45, 7) is 6.52. The summed E-state index contributed by atoms with van der Waals surface area (Å²) in [7, 11) is 0. The molecule has 0 unspecified atom stereocenters. The second kappa shape index (κ2) is 5.43. The third kappa shape index (κ3) is 1.96. The fourth-order valence-electron chi connectivity index (χ4n) is 4.25. The van der Waals surface area contributed by atoms with Gasteiger partial charge in [0.2, 0.25) is 0 Å². The Morgan fingerprint density at radius 2 is 1.35 bits per heavy atom. The van der Waals surface area contributed by atoms with Gasteiger partial charge in [-0.25, -0.2) is 4.98 Å². The monoisotopic (exact) mass is 336 g/mol. The van der Waals surface area contributed by atoms with E-state index in [1.54, 1.807) is 0 Å². The minimum Gasteiger partial charge on any atom is -0.292 e. The van der Waals surface area contributed by atoms with Crippen molar-refractivity contribution in [1.29, 1.82) is 0 Å². The van der Waals surface area contributed by atoms with Crippen molar-refractivity contribution in [3.05, 3.63) is 83.6 Å². The van der Waals surface area contributed by atoms with Gasteiger partial charge < -0.3 is 0 Å². The molecule has 0 atom stereocenters. The molecule has 26 heavy (non-hydrogen) atoms. The Kier molecular flexibility index (Phi) is 3.17. The van der Waals surface area contributed by atoms with Crippen molar-refractivity contribution >= 4 is 27.3 Å². The van der Waals surface area contributed by atoms with Gasteiger partial charge >= 0.3 is 0 Å². The van der Waals surface area contributed by atoms with E-state index in [-0.39, 0.29) is 0 Å². The minimum atomic E-state index is 1.04. The largest absolute Gasteiger partial charge is 0.292 e. The topological polar surface area (TPSA) is 17.3 Å². The van der Waals surface area contributed by atoms with Gasteiger partial charge in [-0.15, -0.1) is 0 Å². The Morgan fingerprint density at radius 1 is 0.692 bits per heavy atom. The van der Waals surface area contributed by atoms with Crippen LogP contribution in [0.3, 0.4) is 0 Å². The molecule has 126 valence electrons. The quantitative estimate of drug-likeness (QED) is 0.332. The van der Waals surface area contributed by atoms with E-state index in [1.807, 2.05) is 6.20 Å². The summed E-state index contributed by atoms with van der Waals surface area (Å²) in [4.78, 5) is 4.88. The molecule has 5 rings (SSSR count). The van der Waals surface area contributed by atoms with Gasteiger partial charge in [0.1, 0.15) is 5.65 Å². The van der Waals surface area contributed by atoms with E-state index in [4.69, 9.17) is 4.98 Å². The number of hydrogen-bond acceptors (Lipinski definition) is 1. The molecular formula is C24H20N2. The van der Waals surface area contributed by atoms with Crippen molar-refractivity contribution in [2.24, 2.45) is 0 Å². The van der Waals surface area contributed by atoms with Gasteiger partial charge in [-0.05, 0) is 48.9 Å². The molecular weight excluding hydrogens is 316 g/mol. The summed E-state index contributed by atoms with van der Waals surface area (Å²) in [6.07, 6.45) is 2.03. The van der Waals surface area contributed by atoms with Crippen LogP contribution in [0, 0.1) is 20.8 Å². The molecule has 0 bridgehead atoms. The number of hydrogen-bond donors (Lipinski definition) is 0. The Hall–Kier alpha value is -3.13. The van der Waals surface area contributed by atoms with Gasteiger partial charge in [-0.2, -0.15) is 0 Å². The molecule has 3 aromatic carbocycles. The van der Waals surface area contributed by atoms with Crippen molar-refractivity contribution in [2.45, 2.75) is 20.8 Å². The van der Waals surface area contributed by atoms with Crippen LogP contribution >= 0.6 is 0 Å². The van der Waals surface area contributed by atoms with Crippen LogP contribution in [0.5, 0.6) is 0 Å². The van der Waals surface area contributed by atoms with E-state index < -0.39 is 0 Å². The fourth-order valence-corrected chi connectivity index (χ4v) is 4.25. The van der Waals surface area contributed by atoms with Crippen molar-refractivity contribution in [3.8, 4) is 11.3 Å². The predicted octanol–water partition coefficient (Wildman–Crippen LogP) is 6.23. The van der Waals surface area contributed by atoms with Gasteiger partial charge in [-0.1, -0.05) is 54.6 Å². The van der Waals surface area contributed by atoms with E-state index >= 15 is 0 Å². The molecule has 2 heteroatoms. The van der Waals surface area contributed by atoms with Gasteiger partial charge in [0, 0.05) is 16.3 Å². The number of benzene rings is 3. The number of para-hydroxylation sites is 1. The number of rotatable bonds is 1. The highest BCUT2D eigenvalue weighted by Gasteiger charge is 2.17. The lowest BCUT2D eigenvalue weighted by Crippen LogP contribution is -1.97. The lowest BCUT2D eigenvalue weighted by molar-refractivity contribution is 1.24. The average Bonchev–Trinajstić information content (AvgIpc) is 3.06. The number of pyridine rings is 1. The smallest absolute Gasteiger partial charge is 0.145 e. The second-order valence-corrected chi connectivity index (χ2v) is 7.08. The van der Waals surface area contributed by atoms with E-state index in [1.165, 1.54) is 43.9 Å². The number of nitrogens with zero attached hydrogens (tertiary/aromatic N) is 2. The summed E-state index contributed by atoms with van der Waals surface area (Å²) in [5.74, 6) is 0. The van der Waals surface area contributed by atoms with Crippen LogP contribution in [0.15, 0.2) is 66.9 Å². The molecule has 0 fully saturated rings. The van der Waals surface area contributed by atoms with Gasteiger partial charge in [-0.3, -0.25) is 4.40 Å². The molecule has 5 aromatic rings. The molecule has 0 N–H and O–H groups in total. The lowest BCUT2D eigenvalue weighted by atomic mass is 9.99. The summed E-state index contributed by atoms with van der Waals surface area (Å²) >= 11 is 0. The van der Waals surface area contributed by atoms with Crippen LogP contribution in [-0.4, -0.2) is 9.38 Å². The summed E-state index contributed by atoms with van der Waals surface area (Å²) < 4.78 is 2.33. The van der Waals surface area contributed by atoms with Crippen molar-refractivity contribution < 1.29 is 0 Å². The third-order valence-electron chi connectivity index (χ3n) is 5.43. The van der Waals surface area contributed by atoms with Gasteiger partial charge in [0.25, 0.3) is 0 Å². The lowest BCUT2D eigenvalue weighted by Gasteiger charge is -2.14. The first-order chi connectivity index (χ1) is 12.7. The number of aryl methyl sites for hydroxylation is 3. The maximum atomic E-state index is 4.88. The van der Waals surface area contributed by atoms with Crippen LogP contribution in [-0.2, 0) is 0 Å². The van der Waals surface area contributed by atoms with E-state index in [2.05, 4.69) is 85.8 Å². The van der Waals surface area contributed by atoms with Gasteiger partial charge in [0.05, 0.1) is 17.4 Å². The first-order valence-corrected chi connectivity index (χ1v) is 9.01. The Bertz CT molecular complexity index is 1290. The number of imidazole rings is 1. The summed E-state index contributed by atoms with van der Waals surface area (Å²) in [6, 6.07) is 21.6. The SMILES string of the molecule is Cc1cccc(C)c1-c1cnc2c3c(C)cccc3c3ccccc3n12. The second-order valence-electron chi connectivity index (χ2n) is 7.08. The number of aromatic nitrogens is 2. The van der Waals surface area contributed by atoms with Crippen LogP contribution in [0.1, 0.15) is 16.7 Å². The molecule has 0 spiro atoms. The third-order valence-corrected chi connectivity index (χ3v) is 5.43. The zero-order valence-electron chi connectivity index (χ0n) is 15.2. The first-order valence-electron chi connectivity index (χ1n) is 9.01. The summed E-state index contributed by atoms with van der Waals surface area (Å²) in [5.41, 5.74) is 8.50. The molecule has 0 aliphatic heterocycles. The highest BCUT2D eigenvalue weighted by Crippen LogP contribution is 2.36. The Balaban J connectivity index is 2.08. The molecule has 2 nitrogen and oxygen atoms in total. The fraction of sp³-hybridized carbons (Fsp3) is 0.125. The van der Waals surface area contributed by atoms with Gasteiger partial charge in [0.15, 0.2) is 0 Å².